The Hall–Kier alpha value is -3.06. The minimum atomic E-state index is 0.793. The maximum absolute atomic E-state index is 5.48. The van der Waals surface area contributed by atoms with Gasteiger partial charge < -0.3 is 9.64 Å². The van der Waals surface area contributed by atoms with Gasteiger partial charge >= 0.3 is 0 Å². The van der Waals surface area contributed by atoms with E-state index in [2.05, 4.69) is 71.6 Å². The van der Waals surface area contributed by atoms with Crippen LogP contribution in [0.25, 0.3) is 32.1 Å². The van der Waals surface area contributed by atoms with Gasteiger partial charge in [-0.2, -0.15) is 0 Å². The van der Waals surface area contributed by atoms with Gasteiger partial charge in [0.15, 0.2) is 0 Å². The van der Waals surface area contributed by atoms with Gasteiger partial charge in [0, 0.05) is 24.4 Å². The summed E-state index contributed by atoms with van der Waals surface area (Å²) in [6.07, 6.45) is 2.22. The second-order valence-electron chi connectivity index (χ2n) is 7.72. The summed E-state index contributed by atoms with van der Waals surface area (Å²) in [4.78, 5) is 12.3. The van der Waals surface area contributed by atoms with Gasteiger partial charge in [-0.25, -0.2) is 9.97 Å². The highest BCUT2D eigenvalue weighted by Crippen LogP contribution is 2.36. The van der Waals surface area contributed by atoms with E-state index in [4.69, 9.17) is 14.7 Å². The van der Waals surface area contributed by atoms with Gasteiger partial charge in [-0.1, -0.05) is 36.4 Å². The molecule has 1 aliphatic rings. The average Bonchev–Trinajstić information content (AvgIpc) is 3.47. The van der Waals surface area contributed by atoms with Crippen molar-refractivity contribution in [2.45, 2.75) is 0 Å². The molecule has 6 heteroatoms. The smallest absolute Gasteiger partial charge is 0.127 e. The molecule has 0 spiro atoms. The van der Waals surface area contributed by atoms with Crippen LogP contribution in [-0.2, 0) is 4.74 Å². The van der Waals surface area contributed by atoms with Crippen LogP contribution >= 0.6 is 22.7 Å². The van der Waals surface area contributed by atoms with Crippen LogP contribution < -0.4 is 4.90 Å². The van der Waals surface area contributed by atoms with E-state index in [1.165, 1.54) is 15.1 Å². The number of anilines is 1. The lowest BCUT2D eigenvalue weighted by atomic mass is 10.1. The van der Waals surface area contributed by atoms with Crippen molar-refractivity contribution in [1.29, 1.82) is 0 Å². The van der Waals surface area contributed by atoms with Crippen molar-refractivity contribution >= 4 is 60.4 Å². The number of nitrogens with zero attached hydrogens (tertiary/aromatic N) is 3. The molecule has 158 valence electrons. The van der Waals surface area contributed by atoms with Crippen molar-refractivity contribution in [1.82, 2.24) is 9.97 Å². The van der Waals surface area contributed by atoms with Gasteiger partial charge in [0.25, 0.3) is 0 Å². The van der Waals surface area contributed by atoms with Crippen molar-refractivity contribution < 1.29 is 4.74 Å². The first-order valence-electron chi connectivity index (χ1n) is 10.7. The molecule has 3 aromatic carbocycles. The molecule has 6 rings (SSSR count). The van der Waals surface area contributed by atoms with Crippen molar-refractivity contribution in [3.63, 3.8) is 0 Å². The predicted molar refractivity (Wildman–Crippen MR) is 136 cm³/mol. The van der Waals surface area contributed by atoms with Gasteiger partial charge in [-0.15, -0.1) is 22.7 Å². The molecule has 0 aliphatic carbocycles. The Bertz CT molecular complexity index is 1270. The Kier molecular flexibility index (Phi) is 5.19. The number of hydrogen-bond donors (Lipinski definition) is 0. The number of rotatable bonds is 4. The number of morpholine rings is 1. The van der Waals surface area contributed by atoms with Crippen molar-refractivity contribution in [2.75, 3.05) is 31.2 Å². The first-order chi connectivity index (χ1) is 15.8. The molecule has 1 aliphatic heterocycles. The fraction of sp³-hybridized carbons (Fsp3) is 0.154. The molecule has 1 fully saturated rings. The summed E-state index contributed by atoms with van der Waals surface area (Å²) in [5, 5.41) is 2.00. The molecule has 0 atom stereocenters. The van der Waals surface area contributed by atoms with E-state index in [9.17, 15) is 0 Å². The van der Waals surface area contributed by atoms with E-state index in [-0.39, 0.29) is 0 Å². The van der Waals surface area contributed by atoms with Crippen LogP contribution in [0.4, 0.5) is 5.69 Å². The third-order valence-electron chi connectivity index (χ3n) is 5.63. The van der Waals surface area contributed by atoms with E-state index in [1.807, 2.05) is 12.1 Å². The highest BCUT2D eigenvalue weighted by molar-refractivity contribution is 7.22. The standard InChI is InChI=1S/C26H21N3OS2/c1-3-7-23-21(5-1)27-25(31-23)20(26-28-22-6-2-4-8-24(22)32-26)17-18-9-11-19(12-10-18)29-13-15-30-16-14-29/h1-12,17H,13-16H2. The molecular weight excluding hydrogens is 434 g/mol. The minimum absolute atomic E-state index is 0.793. The van der Waals surface area contributed by atoms with Crippen LogP contribution in [0.1, 0.15) is 15.6 Å². The van der Waals surface area contributed by atoms with Gasteiger partial charge in [0.1, 0.15) is 10.0 Å². The number of fused-ring (bicyclic) bond motifs is 2. The molecule has 32 heavy (non-hydrogen) atoms. The van der Waals surface area contributed by atoms with Crippen LogP contribution in [0.15, 0.2) is 72.8 Å². The molecule has 0 amide bonds. The zero-order chi connectivity index (χ0) is 21.3. The lowest BCUT2D eigenvalue weighted by Crippen LogP contribution is -2.36. The zero-order valence-electron chi connectivity index (χ0n) is 17.4. The first kappa shape index (κ1) is 19.6. The Balaban J connectivity index is 1.43. The Morgan fingerprint density at radius 3 is 1.88 bits per heavy atom. The van der Waals surface area contributed by atoms with Crippen LogP contribution in [0, 0.1) is 0 Å². The monoisotopic (exact) mass is 455 g/mol. The van der Waals surface area contributed by atoms with E-state index in [0.29, 0.717) is 0 Å². The Morgan fingerprint density at radius 1 is 0.750 bits per heavy atom. The molecule has 0 unspecified atom stereocenters. The van der Waals surface area contributed by atoms with Crippen LogP contribution in [0.5, 0.6) is 0 Å². The molecule has 0 radical (unpaired) electrons. The Morgan fingerprint density at radius 2 is 1.31 bits per heavy atom. The summed E-state index contributed by atoms with van der Waals surface area (Å²) >= 11 is 3.44. The highest BCUT2D eigenvalue weighted by Gasteiger charge is 2.16. The third kappa shape index (κ3) is 3.81. The van der Waals surface area contributed by atoms with Crippen LogP contribution in [-0.4, -0.2) is 36.3 Å². The number of ether oxygens (including phenoxy) is 1. The van der Waals surface area contributed by atoms with Gasteiger partial charge in [0.2, 0.25) is 0 Å². The summed E-state index contributed by atoms with van der Waals surface area (Å²) < 4.78 is 7.87. The summed E-state index contributed by atoms with van der Waals surface area (Å²) in [5.74, 6) is 0. The van der Waals surface area contributed by atoms with Crippen molar-refractivity contribution in [3.8, 4) is 0 Å². The van der Waals surface area contributed by atoms with Crippen LogP contribution in [0.2, 0.25) is 0 Å². The maximum atomic E-state index is 5.48. The molecule has 2 aromatic heterocycles. The molecule has 0 N–H and O–H groups in total. The fourth-order valence-corrected chi connectivity index (χ4v) is 5.99. The zero-order valence-corrected chi connectivity index (χ0v) is 19.0. The van der Waals surface area contributed by atoms with Crippen molar-refractivity contribution in [3.05, 3.63) is 88.4 Å². The third-order valence-corrected chi connectivity index (χ3v) is 7.77. The fourth-order valence-electron chi connectivity index (χ4n) is 3.96. The topological polar surface area (TPSA) is 38.2 Å². The largest absolute Gasteiger partial charge is 0.378 e. The summed E-state index contributed by atoms with van der Waals surface area (Å²) in [7, 11) is 0. The number of hydrogen-bond acceptors (Lipinski definition) is 6. The maximum Gasteiger partial charge on any atom is 0.127 e. The summed E-state index contributed by atoms with van der Waals surface area (Å²) in [5.41, 5.74) is 5.53. The summed E-state index contributed by atoms with van der Waals surface area (Å²) in [6.45, 7) is 3.47. The molecule has 5 aromatic rings. The highest BCUT2D eigenvalue weighted by atomic mass is 32.1. The lowest BCUT2D eigenvalue weighted by Gasteiger charge is -2.28. The van der Waals surface area contributed by atoms with Gasteiger partial charge in [-0.05, 0) is 48.0 Å². The van der Waals surface area contributed by atoms with Gasteiger partial charge in [0.05, 0.1) is 33.6 Å². The minimum Gasteiger partial charge on any atom is -0.378 e. The normalized spacial score (nSPS) is 14.2. The van der Waals surface area contributed by atoms with E-state index < -0.39 is 0 Å². The second-order valence-corrected chi connectivity index (χ2v) is 9.78. The molecule has 3 heterocycles. The predicted octanol–water partition coefficient (Wildman–Crippen LogP) is 6.33. The van der Waals surface area contributed by atoms with E-state index >= 15 is 0 Å². The molecule has 0 saturated carbocycles. The SMILES string of the molecule is C(=C(c1nc2ccccc2s1)c1nc2ccccc2s1)c1ccc(N2CCOCC2)cc1. The number of aromatic nitrogens is 2. The molecular formula is C26H21N3OS2. The molecule has 0 bridgehead atoms. The Labute approximate surface area is 194 Å². The number of para-hydroxylation sites is 2. The second kappa shape index (κ2) is 8.47. The number of benzene rings is 3. The molecule has 4 nitrogen and oxygen atoms in total. The lowest BCUT2D eigenvalue weighted by molar-refractivity contribution is 0.122. The number of thiazole rings is 2. The first-order valence-corrected chi connectivity index (χ1v) is 12.3. The molecule has 1 saturated heterocycles. The quantitative estimate of drug-likeness (QED) is 0.317. The van der Waals surface area contributed by atoms with Gasteiger partial charge in [-0.3, -0.25) is 0 Å². The van der Waals surface area contributed by atoms with Crippen molar-refractivity contribution in [2.24, 2.45) is 0 Å². The van der Waals surface area contributed by atoms with E-state index in [0.717, 1.165) is 58.5 Å². The van der Waals surface area contributed by atoms with E-state index in [1.54, 1.807) is 22.7 Å². The summed E-state index contributed by atoms with van der Waals surface area (Å²) in [6, 6.07) is 25.4. The van der Waals surface area contributed by atoms with Crippen LogP contribution in [0.3, 0.4) is 0 Å². The average molecular weight is 456 g/mol.